The molecule has 17 heavy (non-hydrogen) atoms. The fourth-order valence-electron chi connectivity index (χ4n) is 1.53. The number of hydrogen-bond donors (Lipinski definition) is 2. The van der Waals surface area contributed by atoms with E-state index in [1.54, 1.807) is 18.2 Å². The molecule has 1 rings (SSSR count). The minimum atomic E-state index is -0.155. The van der Waals surface area contributed by atoms with Gasteiger partial charge >= 0.3 is 0 Å². The first-order valence-electron chi connectivity index (χ1n) is 5.77. The second-order valence-corrected chi connectivity index (χ2v) is 3.75. The Balaban J connectivity index is 3.02. The fraction of sp³-hybridized carbons (Fsp3) is 0.385. The van der Waals surface area contributed by atoms with Crippen molar-refractivity contribution >= 4 is 11.8 Å². The molecule has 0 saturated carbocycles. The van der Waals surface area contributed by atoms with Crippen LogP contribution in [0.4, 0.5) is 0 Å². The van der Waals surface area contributed by atoms with E-state index >= 15 is 0 Å². The lowest BCUT2D eigenvalue weighted by Crippen LogP contribution is -2.26. The Labute approximate surface area is 101 Å². The van der Waals surface area contributed by atoms with Crippen molar-refractivity contribution in [1.82, 2.24) is 10.6 Å². The molecule has 0 radical (unpaired) electrons. The minimum Gasteiger partial charge on any atom is -0.352 e. The van der Waals surface area contributed by atoms with Crippen molar-refractivity contribution in [3.8, 4) is 0 Å². The van der Waals surface area contributed by atoms with Gasteiger partial charge in [-0.3, -0.25) is 9.59 Å². The molecule has 0 aliphatic rings. The number of carbonyl (C=O) groups excluding carboxylic acids is 2. The summed E-state index contributed by atoms with van der Waals surface area (Å²) in [6.07, 6.45) is 0. The van der Waals surface area contributed by atoms with Gasteiger partial charge in [-0.1, -0.05) is 6.07 Å². The van der Waals surface area contributed by atoms with E-state index in [0.29, 0.717) is 24.2 Å². The summed E-state index contributed by atoms with van der Waals surface area (Å²) in [7, 11) is 0. The molecule has 0 fully saturated rings. The number of rotatable bonds is 4. The van der Waals surface area contributed by atoms with Crippen LogP contribution in [0.3, 0.4) is 0 Å². The molecule has 2 N–H and O–H groups in total. The third kappa shape index (κ3) is 3.31. The van der Waals surface area contributed by atoms with E-state index in [1.165, 1.54) is 0 Å². The Morgan fingerprint density at radius 3 is 2.24 bits per heavy atom. The van der Waals surface area contributed by atoms with E-state index in [9.17, 15) is 9.59 Å². The van der Waals surface area contributed by atoms with E-state index in [0.717, 1.165) is 5.56 Å². The zero-order valence-electron chi connectivity index (χ0n) is 10.5. The SMILES string of the molecule is CCNC(=O)c1ccc(C)c(C(=O)NCC)c1. The van der Waals surface area contributed by atoms with Crippen molar-refractivity contribution in [3.05, 3.63) is 34.9 Å². The molecule has 0 aliphatic carbocycles. The number of hydrogen-bond acceptors (Lipinski definition) is 2. The highest BCUT2D eigenvalue weighted by molar-refractivity contribution is 6.00. The van der Waals surface area contributed by atoms with Crippen LogP contribution in [0.2, 0.25) is 0 Å². The monoisotopic (exact) mass is 234 g/mol. The van der Waals surface area contributed by atoms with Crippen LogP contribution in [0.1, 0.15) is 40.1 Å². The zero-order valence-corrected chi connectivity index (χ0v) is 10.5. The first kappa shape index (κ1) is 13.2. The number of benzene rings is 1. The van der Waals surface area contributed by atoms with Gasteiger partial charge in [0, 0.05) is 24.2 Å². The summed E-state index contributed by atoms with van der Waals surface area (Å²) in [6, 6.07) is 5.14. The number of aryl methyl sites for hydroxylation is 1. The normalized spacial score (nSPS) is 9.82. The van der Waals surface area contributed by atoms with E-state index in [-0.39, 0.29) is 11.8 Å². The highest BCUT2D eigenvalue weighted by atomic mass is 16.2. The standard InChI is InChI=1S/C13H18N2O2/c1-4-14-12(16)10-7-6-9(3)11(8-10)13(17)15-5-2/h6-8H,4-5H2,1-3H3,(H,14,16)(H,15,17). The topological polar surface area (TPSA) is 58.2 Å². The maximum Gasteiger partial charge on any atom is 0.251 e. The van der Waals surface area contributed by atoms with Crippen molar-refractivity contribution in [1.29, 1.82) is 0 Å². The van der Waals surface area contributed by atoms with Gasteiger partial charge in [-0.2, -0.15) is 0 Å². The largest absolute Gasteiger partial charge is 0.352 e. The molecular formula is C13H18N2O2. The first-order chi connectivity index (χ1) is 8.10. The quantitative estimate of drug-likeness (QED) is 0.829. The molecule has 92 valence electrons. The van der Waals surface area contributed by atoms with Crippen molar-refractivity contribution in [2.45, 2.75) is 20.8 Å². The van der Waals surface area contributed by atoms with Crippen molar-refractivity contribution in [2.75, 3.05) is 13.1 Å². The number of nitrogens with one attached hydrogen (secondary N) is 2. The molecular weight excluding hydrogens is 216 g/mol. The van der Waals surface area contributed by atoms with Crippen LogP contribution >= 0.6 is 0 Å². The van der Waals surface area contributed by atoms with Crippen molar-refractivity contribution in [3.63, 3.8) is 0 Å². The lowest BCUT2D eigenvalue weighted by atomic mass is 10.0. The third-order valence-electron chi connectivity index (χ3n) is 2.42. The Bertz CT molecular complexity index is 427. The van der Waals surface area contributed by atoms with Crippen LogP contribution in [0.25, 0.3) is 0 Å². The molecule has 1 aromatic rings. The summed E-state index contributed by atoms with van der Waals surface area (Å²) in [5.41, 5.74) is 1.93. The Morgan fingerprint density at radius 1 is 1.06 bits per heavy atom. The first-order valence-corrected chi connectivity index (χ1v) is 5.77. The van der Waals surface area contributed by atoms with Crippen LogP contribution in [-0.4, -0.2) is 24.9 Å². The molecule has 0 aromatic heterocycles. The Morgan fingerprint density at radius 2 is 1.65 bits per heavy atom. The van der Waals surface area contributed by atoms with Gasteiger partial charge in [-0.05, 0) is 38.5 Å². The van der Waals surface area contributed by atoms with Gasteiger partial charge in [0.05, 0.1) is 0 Å². The fourth-order valence-corrected chi connectivity index (χ4v) is 1.53. The van der Waals surface area contributed by atoms with Gasteiger partial charge in [0.15, 0.2) is 0 Å². The van der Waals surface area contributed by atoms with E-state index in [2.05, 4.69) is 10.6 Å². The predicted octanol–water partition coefficient (Wildman–Crippen LogP) is 1.49. The molecule has 0 unspecified atom stereocenters. The summed E-state index contributed by atoms with van der Waals surface area (Å²) in [6.45, 7) is 6.72. The van der Waals surface area contributed by atoms with Crippen LogP contribution in [0, 0.1) is 6.92 Å². The van der Waals surface area contributed by atoms with Crippen LogP contribution in [0.5, 0.6) is 0 Å². The highest BCUT2D eigenvalue weighted by Gasteiger charge is 2.11. The summed E-state index contributed by atoms with van der Waals surface area (Å²) >= 11 is 0. The molecule has 0 saturated heterocycles. The molecule has 4 heteroatoms. The molecule has 0 atom stereocenters. The van der Waals surface area contributed by atoms with Crippen molar-refractivity contribution in [2.24, 2.45) is 0 Å². The Kier molecular flexibility index (Phi) is 4.69. The van der Waals surface area contributed by atoms with Gasteiger partial charge < -0.3 is 10.6 Å². The number of amides is 2. The zero-order chi connectivity index (χ0) is 12.8. The summed E-state index contributed by atoms with van der Waals surface area (Å²) in [5, 5.41) is 5.44. The molecule has 0 heterocycles. The molecule has 2 amide bonds. The summed E-state index contributed by atoms with van der Waals surface area (Å²) in [5.74, 6) is -0.297. The summed E-state index contributed by atoms with van der Waals surface area (Å²) < 4.78 is 0. The second kappa shape index (κ2) is 6.03. The van der Waals surface area contributed by atoms with Crippen molar-refractivity contribution < 1.29 is 9.59 Å². The van der Waals surface area contributed by atoms with Crippen LogP contribution < -0.4 is 10.6 Å². The average molecular weight is 234 g/mol. The molecule has 4 nitrogen and oxygen atoms in total. The van der Waals surface area contributed by atoms with Crippen LogP contribution in [0.15, 0.2) is 18.2 Å². The second-order valence-electron chi connectivity index (χ2n) is 3.75. The highest BCUT2D eigenvalue weighted by Crippen LogP contribution is 2.11. The van der Waals surface area contributed by atoms with Gasteiger partial charge in [0.25, 0.3) is 11.8 Å². The minimum absolute atomic E-state index is 0.142. The lowest BCUT2D eigenvalue weighted by Gasteiger charge is -2.08. The van der Waals surface area contributed by atoms with Gasteiger partial charge in [0.1, 0.15) is 0 Å². The van der Waals surface area contributed by atoms with E-state index < -0.39 is 0 Å². The Hall–Kier alpha value is -1.84. The van der Waals surface area contributed by atoms with Gasteiger partial charge in [-0.25, -0.2) is 0 Å². The van der Waals surface area contributed by atoms with Crippen LogP contribution in [-0.2, 0) is 0 Å². The molecule has 1 aromatic carbocycles. The maximum atomic E-state index is 11.8. The van der Waals surface area contributed by atoms with Gasteiger partial charge in [-0.15, -0.1) is 0 Å². The number of carbonyl (C=O) groups is 2. The van der Waals surface area contributed by atoms with E-state index in [4.69, 9.17) is 0 Å². The average Bonchev–Trinajstić information content (AvgIpc) is 2.30. The lowest BCUT2D eigenvalue weighted by molar-refractivity contribution is 0.0954. The molecule has 0 spiro atoms. The smallest absolute Gasteiger partial charge is 0.251 e. The van der Waals surface area contributed by atoms with E-state index in [1.807, 2.05) is 20.8 Å². The summed E-state index contributed by atoms with van der Waals surface area (Å²) in [4.78, 5) is 23.4. The predicted molar refractivity (Wildman–Crippen MR) is 67.2 cm³/mol. The van der Waals surface area contributed by atoms with Gasteiger partial charge in [0.2, 0.25) is 0 Å². The maximum absolute atomic E-state index is 11.8. The third-order valence-corrected chi connectivity index (χ3v) is 2.42. The molecule has 0 bridgehead atoms. The molecule has 0 aliphatic heterocycles.